The van der Waals surface area contributed by atoms with Gasteiger partial charge in [0.05, 0.1) is 12.1 Å². The van der Waals surface area contributed by atoms with Crippen LogP contribution >= 0.6 is 11.6 Å². The van der Waals surface area contributed by atoms with E-state index in [-0.39, 0.29) is 22.4 Å². The van der Waals surface area contributed by atoms with Crippen LogP contribution in [0.2, 0.25) is 5.02 Å². The summed E-state index contributed by atoms with van der Waals surface area (Å²) in [5.41, 5.74) is 2.75. The number of methoxy groups -OCH3 is 1. The summed E-state index contributed by atoms with van der Waals surface area (Å²) >= 11 is 6.20. The Bertz CT molecular complexity index is 1360. The summed E-state index contributed by atoms with van der Waals surface area (Å²) in [5, 5.41) is 16.9. The van der Waals surface area contributed by atoms with Crippen molar-refractivity contribution in [2.75, 3.05) is 20.2 Å². The molecule has 0 radical (unpaired) electrons. The summed E-state index contributed by atoms with van der Waals surface area (Å²) < 4.78 is 10.6. The predicted octanol–water partition coefficient (Wildman–Crippen LogP) is 6.25. The Morgan fingerprint density at radius 2 is 1.65 bits per heavy atom. The fourth-order valence-corrected chi connectivity index (χ4v) is 4.39. The van der Waals surface area contributed by atoms with E-state index in [1.54, 1.807) is 24.3 Å². The number of hydrogen-bond donors (Lipinski definition) is 3. The number of benzene rings is 2. The minimum Gasteiger partial charge on any atom is -0.507 e. The number of carbonyl (C=O) groups is 2. The quantitative estimate of drug-likeness (QED) is 0.208. The molecule has 0 saturated heterocycles. The van der Waals surface area contributed by atoms with Crippen LogP contribution < -0.4 is 15.4 Å². The van der Waals surface area contributed by atoms with E-state index < -0.39 is 5.91 Å². The Hall–Kier alpha value is -3.78. The van der Waals surface area contributed by atoms with Crippen molar-refractivity contribution in [2.24, 2.45) is 0 Å². The van der Waals surface area contributed by atoms with Crippen molar-refractivity contribution in [3.05, 3.63) is 70.2 Å². The maximum atomic E-state index is 12.7. The number of amides is 2. The number of phenols is 1. The standard InChI is InChI=1S/C31H38ClN3O5/c1-30(2,3)21-15-19(16-22(27(21)37)31(4,5)6)9-12-25(36)33-13-8-14-34-29(38)26-28(40-18-35-26)20-10-11-24(39-7)23(32)17-20/h9-12,15-18,37H,8,13-14H2,1-7H3,(H,33,36)(H,34,38)/b12-9+. The van der Waals surface area contributed by atoms with Gasteiger partial charge in [0, 0.05) is 35.9 Å². The second-order valence-electron chi connectivity index (χ2n) is 11.6. The molecule has 2 aromatic carbocycles. The summed E-state index contributed by atoms with van der Waals surface area (Å²) in [6.45, 7) is 13.0. The highest BCUT2D eigenvalue weighted by molar-refractivity contribution is 6.32. The van der Waals surface area contributed by atoms with E-state index in [0.717, 1.165) is 16.7 Å². The van der Waals surface area contributed by atoms with E-state index in [1.807, 2.05) is 53.7 Å². The zero-order chi connectivity index (χ0) is 29.7. The molecule has 9 heteroatoms. The Morgan fingerprint density at radius 1 is 1.02 bits per heavy atom. The van der Waals surface area contributed by atoms with Crippen molar-refractivity contribution >= 4 is 29.5 Å². The fraction of sp³-hybridized carbons (Fsp3) is 0.387. The zero-order valence-electron chi connectivity index (χ0n) is 24.1. The summed E-state index contributed by atoms with van der Waals surface area (Å²) in [6.07, 6.45) is 4.95. The van der Waals surface area contributed by atoms with Gasteiger partial charge in [-0.25, -0.2) is 4.98 Å². The maximum absolute atomic E-state index is 12.7. The lowest BCUT2D eigenvalue weighted by atomic mass is 9.78. The van der Waals surface area contributed by atoms with Crippen molar-refractivity contribution in [3.63, 3.8) is 0 Å². The highest BCUT2D eigenvalue weighted by Gasteiger charge is 2.26. The number of aromatic nitrogens is 1. The Kier molecular flexibility index (Phi) is 9.69. The lowest BCUT2D eigenvalue weighted by molar-refractivity contribution is -0.116. The average Bonchev–Trinajstić information content (AvgIpc) is 3.36. The van der Waals surface area contributed by atoms with Gasteiger partial charge >= 0.3 is 0 Å². The third kappa shape index (κ3) is 7.66. The van der Waals surface area contributed by atoms with E-state index in [4.69, 9.17) is 20.8 Å². The number of halogens is 1. The number of rotatable bonds is 9. The molecule has 214 valence electrons. The van der Waals surface area contributed by atoms with Crippen LogP contribution in [0, 0.1) is 0 Å². The highest BCUT2D eigenvalue weighted by Crippen LogP contribution is 2.40. The molecule has 0 aliphatic rings. The van der Waals surface area contributed by atoms with Crippen LogP contribution in [0.25, 0.3) is 17.4 Å². The fourth-order valence-electron chi connectivity index (χ4n) is 4.13. The van der Waals surface area contributed by atoms with E-state index in [9.17, 15) is 14.7 Å². The van der Waals surface area contributed by atoms with Crippen LogP contribution in [0.5, 0.6) is 11.5 Å². The van der Waals surface area contributed by atoms with E-state index in [2.05, 4.69) is 15.6 Å². The van der Waals surface area contributed by atoms with E-state index >= 15 is 0 Å². The van der Waals surface area contributed by atoms with Gasteiger partial charge in [-0.05, 0) is 59.2 Å². The lowest BCUT2D eigenvalue weighted by Crippen LogP contribution is -2.29. The molecule has 40 heavy (non-hydrogen) atoms. The number of nitrogens with one attached hydrogen (secondary N) is 2. The first-order valence-corrected chi connectivity index (χ1v) is 13.5. The van der Waals surface area contributed by atoms with Crippen LogP contribution in [-0.2, 0) is 15.6 Å². The van der Waals surface area contributed by atoms with Crippen LogP contribution in [0.15, 0.2) is 47.2 Å². The maximum Gasteiger partial charge on any atom is 0.273 e. The van der Waals surface area contributed by atoms with Crippen molar-refractivity contribution in [2.45, 2.75) is 58.8 Å². The third-order valence-electron chi connectivity index (χ3n) is 6.31. The van der Waals surface area contributed by atoms with Gasteiger partial charge in [0.25, 0.3) is 5.91 Å². The molecule has 1 aromatic heterocycles. The molecular formula is C31H38ClN3O5. The number of hydrogen-bond acceptors (Lipinski definition) is 6. The molecule has 0 spiro atoms. The molecule has 0 bridgehead atoms. The summed E-state index contributed by atoms with van der Waals surface area (Å²) in [5.74, 6) is 0.482. The van der Waals surface area contributed by atoms with Gasteiger partial charge in [-0.2, -0.15) is 0 Å². The minimum atomic E-state index is -0.390. The van der Waals surface area contributed by atoms with Gasteiger partial charge < -0.3 is 24.9 Å². The Balaban J connectivity index is 1.54. The first kappa shape index (κ1) is 30.8. The van der Waals surface area contributed by atoms with Crippen LogP contribution in [0.3, 0.4) is 0 Å². The number of phenolic OH excluding ortho intramolecular Hbond substituents is 1. The van der Waals surface area contributed by atoms with Crippen molar-refractivity contribution in [1.29, 1.82) is 0 Å². The molecule has 3 rings (SSSR count). The number of nitrogens with zero attached hydrogens (tertiary/aromatic N) is 1. The lowest BCUT2D eigenvalue weighted by Gasteiger charge is -2.27. The monoisotopic (exact) mass is 567 g/mol. The number of aromatic hydroxyl groups is 1. The molecular weight excluding hydrogens is 530 g/mol. The first-order valence-electron chi connectivity index (χ1n) is 13.1. The number of carbonyl (C=O) groups excluding carboxylic acids is 2. The van der Waals surface area contributed by atoms with Crippen molar-refractivity contribution < 1.29 is 23.8 Å². The predicted molar refractivity (Wildman–Crippen MR) is 158 cm³/mol. The van der Waals surface area contributed by atoms with Gasteiger partial charge in [0.1, 0.15) is 11.5 Å². The molecule has 0 saturated carbocycles. The highest BCUT2D eigenvalue weighted by atomic mass is 35.5. The van der Waals surface area contributed by atoms with Crippen molar-refractivity contribution in [1.82, 2.24) is 15.6 Å². The zero-order valence-corrected chi connectivity index (χ0v) is 24.9. The summed E-state index contributed by atoms with van der Waals surface area (Å²) in [4.78, 5) is 29.2. The van der Waals surface area contributed by atoms with Crippen LogP contribution in [-0.4, -0.2) is 42.1 Å². The molecule has 8 nitrogen and oxygen atoms in total. The molecule has 3 N–H and O–H groups in total. The second-order valence-corrected chi connectivity index (χ2v) is 12.0. The average molecular weight is 568 g/mol. The topological polar surface area (TPSA) is 114 Å². The molecule has 0 aliphatic heterocycles. The second kappa shape index (κ2) is 12.6. The third-order valence-corrected chi connectivity index (χ3v) is 6.61. The van der Waals surface area contributed by atoms with Crippen LogP contribution in [0.4, 0.5) is 0 Å². The van der Waals surface area contributed by atoms with E-state index in [1.165, 1.54) is 19.6 Å². The molecule has 2 amide bonds. The smallest absolute Gasteiger partial charge is 0.273 e. The molecule has 3 aromatic rings. The first-order chi connectivity index (χ1) is 18.7. The van der Waals surface area contributed by atoms with Gasteiger partial charge in [-0.3, -0.25) is 9.59 Å². The molecule has 0 atom stereocenters. The van der Waals surface area contributed by atoms with Crippen molar-refractivity contribution in [3.8, 4) is 22.8 Å². The molecule has 1 heterocycles. The van der Waals surface area contributed by atoms with Crippen LogP contribution in [0.1, 0.15) is 75.1 Å². The number of ether oxygens (including phenoxy) is 1. The molecule has 0 aliphatic carbocycles. The SMILES string of the molecule is COc1ccc(-c2ocnc2C(=O)NCCCNC(=O)/C=C/c2cc(C(C)(C)C)c(O)c(C(C)(C)C)c2)cc1Cl. The van der Waals surface area contributed by atoms with E-state index in [0.29, 0.717) is 47.4 Å². The number of oxazole rings is 1. The van der Waals surface area contributed by atoms with Gasteiger partial charge in [0.15, 0.2) is 17.8 Å². The molecule has 0 fully saturated rings. The van der Waals surface area contributed by atoms with Gasteiger partial charge in [0.2, 0.25) is 5.91 Å². The minimum absolute atomic E-state index is 0.145. The normalized spacial score (nSPS) is 12.0. The van der Waals surface area contributed by atoms with Gasteiger partial charge in [-0.1, -0.05) is 53.1 Å². The van der Waals surface area contributed by atoms with Gasteiger partial charge in [-0.15, -0.1) is 0 Å². The summed E-state index contributed by atoms with van der Waals surface area (Å²) in [7, 11) is 1.52. The summed E-state index contributed by atoms with van der Waals surface area (Å²) in [6, 6.07) is 8.90. The Labute approximate surface area is 240 Å². The molecule has 0 unspecified atom stereocenters. The Morgan fingerprint density at radius 3 is 2.23 bits per heavy atom. The largest absolute Gasteiger partial charge is 0.507 e.